The van der Waals surface area contributed by atoms with Gasteiger partial charge in [0.1, 0.15) is 5.70 Å². The van der Waals surface area contributed by atoms with Crippen LogP contribution in [0.5, 0.6) is 11.5 Å². The van der Waals surface area contributed by atoms with E-state index in [1.807, 2.05) is 6.92 Å². The number of carbonyl (C=O) groups is 1. The second-order valence-electron chi connectivity index (χ2n) is 4.90. The van der Waals surface area contributed by atoms with Gasteiger partial charge < -0.3 is 20.1 Å². The number of nitrogens with one attached hydrogen (secondary N) is 2. The van der Waals surface area contributed by atoms with Crippen molar-refractivity contribution in [2.75, 3.05) is 13.7 Å². The molecule has 0 radical (unpaired) electrons. The van der Waals surface area contributed by atoms with E-state index in [1.54, 1.807) is 29.6 Å². The van der Waals surface area contributed by atoms with E-state index in [2.05, 4.69) is 5.32 Å². The Balaban J connectivity index is 2.20. The van der Waals surface area contributed by atoms with Crippen molar-refractivity contribution in [2.45, 2.75) is 19.1 Å². The lowest BCUT2D eigenvalue weighted by Crippen LogP contribution is -2.48. The molecule has 1 aliphatic heterocycles. The quantitative estimate of drug-likeness (QED) is 0.864. The standard InChI is InChI=1S/C16H17F3N2O3/c1-3-24-13-8-10(5-7-12(13)23-2)4-6-11-9-14(16(17,18)19)21-15(22)20-11/h4-9,11H,3H2,1-2H3,(H2,20,21,22)/b6-4+. The Kier molecular flexibility index (Phi) is 5.38. The first-order valence-electron chi connectivity index (χ1n) is 7.19. The highest BCUT2D eigenvalue weighted by atomic mass is 19.4. The van der Waals surface area contributed by atoms with Crippen molar-refractivity contribution in [3.8, 4) is 11.5 Å². The summed E-state index contributed by atoms with van der Waals surface area (Å²) < 4.78 is 48.7. The summed E-state index contributed by atoms with van der Waals surface area (Å²) in [6, 6.07) is 3.37. The fraction of sp³-hybridized carbons (Fsp3) is 0.312. The zero-order valence-corrected chi connectivity index (χ0v) is 13.1. The smallest absolute Gasteiger partial charge is 0.431 e. The average Bonchev–Trinajstić information content (AvgIpc) is 2.52. The van der Waals surface area contributed by atoms with Gasteiger partial charge in [-0.25, -0.2) is 4.79 Å². The van der Waals surface area contributed by atoms with Gasteiger partial charge >= 0.3 is 12.2 Å². The molecule has 0 bridgehead atoms. The molecule has 8 heteroatoms. The monoisotopic (exact) mass is 342 g/mol. The van der Waals surface area contributed by atoms with Crippen molar-refractivity contribution in [3.05, 3.63) is 41.6 Å². The van der Waals surface area contributed by atoms with Crippen LogP contribution in [-0.4, -0.2) is 32.0 Å². The Bertz CT molecular complexity index is 669. The molecule has 24 heavy (non-hydrogen) atoms. The van der Waals surface area contributed by atoms with Crippen LogP contribution in [0.1, 0.15) is 12.5 Å². The number of hydrogen-bond donors (Lipinski definition) is 2. The van der Waals surface area contributed by atoms with Gasteiger partial charge in [0.2, 0.25) is 0 Å². The molecule has 1 unspecified atom stereocenters. The van der Waals surface area contributed by atoms with E-state index in [9.17, 15) is 18.0 Å². The summed E-state index contributed by atoms with van der Waals surface area (Å²) in [4.78, 5) is 11.3. The lowest BCUT2D eigenvalue weighted by Gasteiger charge is -2.22. The number of alkyl halides is 3. The van der Waals surface area contributed by atoms with Gasteiger partial charge in [-0.05, 0) is 30.7 Å². The van der Waals surface area contributed by atoms with Crippen LogP contribution in [-0.2, 0) is 0 Å². The fourth-order valence-electron chi connectivity index (χ4n) is 2.12. The van der Waals surface area contributed by atoms with E-state index < -0.39 is 23.9 Å². The normalized spacial score (nSPS) is 18.0. The summed E-state index contributed by atoms with van der Waals surface area (Å²) in [6.45, 7) is 2.28. The van der Waals surface area contributed by atoms with Crippen molar-refractivity contribution < 1.29 is 27.4 Å². The Morgan fingerprint density at radius 2 is 2.04 bits per heavy atom. The second kappa shape index (κ2) is 7.29. The molecule has 2 rings (SSSR count). The van der Waals surface area contributed by atoms with Crippen molar-refractivity contribution in [3.63, 3.8) is 0 Å². The number of carbonyl (C=O) groups excluding carboxylic acids is 1. The van der Waals surface area contributed by atoms with Crippen LogP contribution in [0, 0.1) is 0 Å². The summed E-state index contributed by atoms with van der Waals surface area (Å²) in [5.41, 5.74) is -0.375. The molecular formula is C16H17F3N2O3. The van der Waals surface area contributed by atoms with Gasteiger partial charge in [0.25, 0.3) is 0 Å². The van der Waals surface area contributed by atoms with Crippen molar-refractivity contribution in [2.24, 2.45) is 0 Å². The summed E-state index contributed by atoms with van der Waals surface area (Å²) in [5, 5.41) is 4.12. The maximum absolute atomic E-state index is 12.7. The van der Waals surface area contributed by atoms with Crippen LogP contribution in [0.25, 0.3) is 6.08 Å². The minimum atomic E-state index is -4.61. The highest BCUT2D eigenvalue weighted by molar-refractivity contribution is 5.78. The minimum absolute atomic E-state index is 0.450. The van der Waals surface area contributed by atoms with E-state index in [1.165, 1.54) is 13.2 Å². The molecule has 1 heterocycles. The highest BCUT2D eigenvalue weighted by Gasteiger charge is 2.37. The summed E-state index contributed by atoms with van der Waals surface area (Å²) >= 11 is 0. The van der Waals surface area contributed by atoms with E-state index >= 15 is 0 Å². The summed E-state index contributed by atoms with van der Waals surface area (Å²) in [7, 11) is 1.52. The number of rotatable bonds is 5. The highest BCUT2D eigenvalue weighted by Crippen LogP contribution is 2.29. The van der Waals surface area contributed by atoms with Gasteiger partial charge in [0.15, 0.2) is 11.5 Å². The Hall–Kier alpha value is -2.64. The number of benzene rings is 1. The molecule has 5 nitrogen and oxygen atoms in total. The lowest BCUT2D eigenvalue weighted by molar-refractivity contribution is -0.0963. The van der Waals surface area contributed by atoms with Crippen LogP contribution in [0.15, 0.2) is 36.0 Å². The fourth-order valence-corrected chi connectivity index (χ4v) is 2.12. The number of ether oxygens (including phenoxy) is 2. The molecule has 130 valence electrons. The maximum atomic E-state index is 12.7. The number of allylic oxidation sites excluding steroid dienone is 1. The molecule has 2 N–H and O–H groups in total. The van der Waals surface area contributed by atoms with Crippen LogP contribution >= 0.6 is 0 Å². The second-order valence-corrected chi connectivity index (χ2v) is 4.90. The van der Waals surface area contributed by atoms with Gasteiger partial charge in [-0.1, -0.05) is 18.2 Å². The summed E-state index contributed by atoms with van der Waals surface area (Å²) in [5.74, 6) is 1.09. The van der Waals surface area contributed by atoms with E-state index in [-0.39, 0.29) is 0 Å². The molecule has 0 aliphatic carbocycles. The molecule has 1 aliphatic rings. The molecule has 0 aromatic heterocycles. The largest absolute Gasteiger partial charge is 0.493 e. The van der Waals surface area contributed by atoms with Gasteiger partial charge in [-0.2, -0.15) is 13.2 Å². The van der Waals surface area contributed by atoms with Crippen molar-refractivity contribution in [1.82, 2.24) is 10.6 Å². The average molecular weight is 342 g/mol. The molecular weight excluding hydrogens is 325 g/mol. The zero-order chi connectivity index (χ0) is 17.7. The predicted octanol–water partition coefficient (Wildman–Crippen LogP) is 3.23. The summed E-state index contributed by atoms with van der Waals surface area (Å²) in [6.07, 6.45) is -0.637. The van der Waals surface area contributed by atoms with Gasteiger partial charge in [0.05, 0.1) is 19.8 Å². The molecule has 0 saturated heterocycles. The van der Waals surface area contributed by atoms with Crippen LogP contribution in [0.4, 0.5) is 18.0 Å². The molecule has 1 atom stereocenters. The molecule has 1 aromatic rings. The molecule has 0 fully saturated rings. The van der Waals surface area contributed by atoms with Crippen LogP contribution in [0.3, 0.4) is 0 Å². The molecule has 1 aromatic carbocycles. The lowest BCUT2D eigenvalue weighted by atomic mass is 10.1. The number of amides is 2. The first-order valence-corrected chi connectivity index (χ1v) is 7.19. The third-order valence-electron chi connectivity index (χ3n) is 3.18. The Morgan fingerprint density at radius 3 is 2.67 bits per heavy atom. The van der Waals surface area contributed by atoms with Crippen LogP contribution in [0.2, 0.25) is 0 Å². The van der Waals surface area contributed by atoms with Gasteiger partial charge in [-0.3, -0.25) is 0 Å². The van der Waals surface area contributed by atoms with E-state index in [4.69, 9.17) is 9.47 Å². The number of hydrogen-bond acceptors (Lipinski definition) is 3. The maximum Gasteiger partial charge on any atom is 0.431 e. The first kappa shape index (κ1) is 17.7. The Labute approximate surface area is 137 Å². The van der Waals surface area contributed by atoms with E-state index in [0.29, 0.717) is 23.7 Å². The number of urea groups is 1. The first-order chi connectivity index (χ1) is 11.3. The Morgan fingerprint density at radius 1 is 1.29 bits per heavy atom. The predicted molar refractivity (Wildman–Crippen MR) is 82.8 cm³/mol. The third kappa shape index (κ3) is 4.43. The SMILES string of the molecule is CCOc1cc(/C=C/C2C=C(C(F)(F)F)NC(=O)N2)ccc1OC. The van der Waals surface area contributed by atoms with Gasteiger partial charge in [0, 0.05) is 0 Å². The molecule has 2 amide bonds. The molecule has 0 spiro atoms. The molecule has 0 saturated carbocycles. The van der Waals surface area contributed by atoms with E-state index in [0.717, 1.165) is 6.08 Å². The topological polar surface area (TPSA) is 59.6 Å². The zero-order valence-electron chi connectivity index (χ0n) is 13.1. The number of methoxy groups -OCH3 is 1. The van der Waals surface area contributed by atoms with Crippen LogP contribution < -0.4 is 20.1 Å². The van der Waals surface area contributed by atoms with Crippen molar-refractivity contribution in [1.29, 1.82) is 0 Å². The third-order valence-corrected chi connectivity index (χ3v) is 3.18. The van der Waals surface area contributed by atoms with Crippen molar-refractivity contribution >= 4 is 12.1 Å². The van der Waals surface area contributed by atoms with Gasteiger partial charge in [-0.15, -0.1) is 0 Å². The minimum Gasteiger partial charge on any atom is -0.493 e. The number of halogens is 3.